The number of thioether (sulfide) groups is 1. The van der Waals surface area contributed by atoms with Crippen LogP contribution in [-0.4, -0.2) is 65.4 Å². The fourth-order valence-corrected chi connectivity index (χ4v) is 6.26. The van der Waals surface area contributed by atoms with Crippen molar-refractivity contribution >= 4 is 38.6 Å². The molecule has 3 aromatic rings. The van der Waals surface area contributed by atoms with Crippen LogP contribution in [0.15, 0.2) is 58.5 Å². The third kappa shape index (κ3) is 4.73. The number of halogens is 1. The van der Waals surface area contributed by atoms with Crippen molar-refractivity contribution < 1.29 is 17.6 Å². The summed E-state index contributed by atoms with van der Waals surface area (Å²) in [7, 11) is -3.79. The second-order valence-electron chi connectivity index (χ2n) is 8.21. The first kappa shape index (κ1) is 22.2. The maximum absolute atomic E-state index is 13.5. The zero-order chi connectivity index (χ0) is 23.0. The number of hydrogen-bond acceptors (Lipinski definition) is 6. The normalized spacial score (nSPS) is 17.4. The molecule has 1 aliphatic carbocycles. The van der Waals surface area contributed by atoms with Gasteiger partial charge in [-0.3, -0.25) is 4.79 Å². The van der Waals surface area contributed by atoms with E-state index in [1.165, 1.54) is 34.3 Å². The van der Waals surface area contributed by atoms with E-state index in [0.29, 0.717) is 19.0 Å². The molecule has 10 heteroatoms. The minimum Gasteiger partial charge on any atom is -0.339 e. The molecule has 2 aromatic carbocycles. The van der Waals surface area contributed by atoms with Crippen LogP contribution < -0.4 is 0 Å². The quantitative estimate of drug-likeness (QED) is 0.393. The Labute approximate surface area is 196 Å². The van der Waals surface area contributed by atoms with E-state index in [0.717, 1.165) is 40.7 Å². The number of fused-ring (bicyclic) bond motifs is 1. The molecule has 7 nitrogen and oxygen atoms in total. The third-order valence-electron chi connectivity index (χ3n) is 5.89. The van der Waals surface area contributed by atoms with E-state index >= 15 is 0 Å². The van der Waals surface area contributed by atoms with E-state index in [-0.39, 0.29) is 29.6 Å². The number of carbonyl (C=O) groups excluding carboxylic acids is 1. The number of hydrogen-bond donors (Lipinski definition) is 0. The molecule has 2 fully saturated rings. The van der Waals surface area contributed by atoms with Gasteiger partial charge in [-0.15, -0.1) is 0 Å². The highest BCUT2D eigenvalue weighted by Crippen LogP contribution is 2.39. The van der Waals surface area contributed by atoms with Gasteiger partial charge >= 0.3 is 0 Å². The maximum atomic E-state index is 13.5. The van der Waals surface area contributed by atoms with Gasteiger partial charge in [0.15, 0.2) is 0 Å². The highest BCUT2D eigenvalue weighted by molar-refractivity contribution is 8.00. The van der Waals surface area contributed by atoms with Crippen LogP contribution in [0.3, 0.4) is 0 Å². The molecule has 1 saturated carbocycles. The van der Waals surface area contributed by atoms with Crippen molar-refractivity contribution in [3.63, 3.8) is 0 Å². The SMILES string of the molecule is O=C(CSc1nc(C2CC2)nc2ccccc12)N1CCN(S(=O)(=O)c2cccc(F)c2)CC1. The van der Waals surface area contributed by atoms with E-state index < -0.39 is 15.8 Å². The Hall–Kier alpha value is -2.56. The van der Waals surface area contributed by atoms with E-state index in [1.807, 2.05) is 24.3 Å². The lowest BCUT2D eigenvalue weighted by molar-refractivity contribution is -0.129. The van der Waals surface area contributed by atoms with Crippen LogP contribution in [0.4, 0.5) is 4.39 Å². The van der Waals surface area contributed by atoms with Gasteiger partial charge in [0.1, 0.15) is 16.7 Å². The summed E-state index contributed by atoms with van der Waals surface area (Å²) in [5.41, 5.74) is 0.889. The van der Waals surface area contributed by atoms with Crippen molar-refractivity contribution in [1.82, 2.24) is 19.2 Å². The average Bonchev–Trinajstić information content (AvgIpc) is 3.68. The van der Waals surface area contributed by atoms with Gasteiger partial charge in [-0.05, 0) is 37.1 Å². The van der Waals surface area contributed by atoms with Gasteiger partial charge in [-0.2, -0.15) is 4.31 Å². The predicted octanol–water partition coefficient (Wildman–Crippen LogP) is 3.27. The lowest BCUT2D eigenvalue weighted by Gasteiger charge is -2.34. The van der Waals surface area contributed by atoms with E-state index in [1.54, 1.807) is 4.90 Å². The standard InChI is InChI=1S/C23H23FN4O3S2/c24-17-4-3-5-18(14-17)33(30,31)28-12-10-27(11-13-28)21(29)15-32-23-19-6-1-2-7-20(19)25-22(26-23)16-8-9-16/h1-7,14,16H,8-13,15H2. The van der Waals surface area contributed by atoms with Crippen molar-refractivity contribution in [2.45, 2.75) is 28.7 Å². The van der Waals surface area contributed by atoms with Gasteiger partial charge in [0.2, 0.25) is 15.9 Å². The van der Waals surface area contributed by atoms with Gasteiger partial charge in [-0.25, -0.2) is 22.8 Å². The number of para-hydroxylation sites is 1. The number of piperazine rings is 1. The molecule has 0 unspecified atom stereocenters. The molecule has 1 aromatic heterocycles. The highest BCUT2D eigenvalue weighted by Gasteiger charge is 2.31. The van der Waals surface area contributed by atoms with Crippen molar-refractivity contribution in [3.8, 4) is 0 Å². The molecule has 2 aliphatic rings. The number of rotatable bonds is 6. The van der Waals surface area contributed by atoms with Gasteiger partial charge in [0, 0.05) is 37.5 Å². The number of amides is 1. The van der Waals surface area contributed by atoms with Crippen molar-refractivity contribution in [3.05, 3.63) is 60.2 Å². The zero-order valence-corrected chi connectivity index (χ0v) is 19.5. The lowest BCUT2D eigenvalue weighted by atomic mass is 10.2. The molecule has 0 atom stereocenters. The van der Waals surface area contributed by atoms with Crippen LogP contribution in [-0.2, 0) is 14.8 Å². The van der Waals surface area contributed by atoms with Crippen molar-refractivity contribution in [2.75, 3.05) is 31.9 Å². The summed E-state index contributed by atoms with van der Waals surface area (Å²) in [6.07, 6.45) is 2.20. The molecule has 0 bridgehead atoms. The average molecular weight is 487 g/mol. The summed E-state index contributed by atoms with van der Waals surface area (Å²) < 4.78 is 40.3. The van der Waals surface area contributed by atoms with E-state index in [2.05, 4.69) is 4.98 Å². The van der Waals surface area contributed by atoms with Gasteiger partial charge in [0.25, 0.3) is 0 Å². The molecule has 1 aliphatic heterocycles. The summed E-state index contributed by atoms with van der Waals surface area (Å²) >= 11 is 1.40. The number of sulfonamides is 1. The molecule has 1 saturated heterocycles. The van der Waals surface area contributed by atoms with Crippen molar-refractivity contribution in [1.29, 1.82) is 0 Å². The summed E-state index contributed by atoms with van der Waals surface area (Å²) in [5.74, 6) is 0.835. The molecule has 5 rings (SSSR count). The van der Waals surface area contributed by atoms with Crippen LogP contribution in [0.1, 0.15) is 24.6 Å². The smallest absolute Gasteiger partial charge is 0.243 e. The molecule has 1 amide bonds. The minimum atomic E-state index is -3.79. The molecule has 0 N–H and O–H groups in total. The molecule has 172 valence electrons. The van der Waals surface area contributed by atoms with E-state index in [9.17, 15) is 17.6 Å². The van der Waals surface area contributed by atoms with Crippen LogP contribution in [0.25, 0.3) is 10.9 Å². The molecule has 0 spiro atoms. The number of benzene rings is 2. The Morgan fingerprint density at radius 1 is 1.03 bits per heavy atom. The van der Waals surface area contributed by atoms with Gasteiger partial charge < -0.3 is 4.90 Å². The van der Waals surface area contributed by atoms with Gasteiger partial charge in [0.05, 0.1) is 16.2 Å². The summed E-state index contributed by atoms with van der Waals surface area (Å²) in [4.78, 5) is 23.9. The summed E-state index contributed by atoms with van der Waals surface area (Å²) in [5, 5.41) is 1.74. The monoisotopic (exact) mass is 486 g/mol. The third-order valence-corrected chi connectivity index (χ3v) is 8.76. The van der Waals surface area contributed by atoms with Crippen LogP contribution in [0.5, 0.6) is 0 Å². The zero-order valence-electron chi connectivity index (χ0n) is 17.9. The predicted molar refractivity (Wildman–Crippen MR) is 124 cm³/mol. The lowest BCUT2D eigenvalue weighted by Crippen LogP contribution is -2.51. The second-order valence-corrected chi connectivity index (χ2v) is 11.1. The van der Waals surface area contributed by atoms with Crippen molar-refractivity contribution in [2.24, 2.45) is 0 Å². The molecule has 2 heterocycles. The first-order valence-corrected chi connectivity index (χ1v) is 13.3. The fraction of sp³-hybridized carbons (Fsp3) is 0.348. The Balaban J connectivity index is 1.23. The first-order valence-electron chi connectivity index (χ1n) is 10.8. The van der Waals surface area contributed by atoms with Crippen LogP contribution in [0.2, 0.25) is 0 Å². The highest BCUT2D eigenvalue weighted by atomic mass is 32.2. The first-order chi connectivity index (χ1) is 15.9. The molecular formula is C23H23FN4O3S2. The molecule has 0 radical (unpaired) electrons. The largest absolute Gasteiger partial charge is 0.339 e. The number of aromatic nitrogens is 2. The maximum Gasteiger partial charge on any atom is 0.243 e. The van der Waals surface area contributed by atoms with Crippen LogP contribution in [0, 0.1) is 5.82 Å². The topological polar surface area (TPSA) is 83.5 Å². The van der Waals surface area contributed by atoms with E-state index in [4.69, 9.17) is 4.98 Å². The van der Waals surface area contributed by atoms with Gasteiger partial charge in [-0.1, -0.05) is 36.0 Å². The Kier molecular flexibility index (Phi) is 6.07. The minimum absolute atomic E-state index is 0.0570. The molecule has 33 heavy (non-hydrogen) atoms. The Morgan fingerprint density at radius 2 is 1.79 bits per heavy atom. The Morgan fingerprint density at radius 3 is 2.52 bits per heavy atom. The summed E-state index contributed by atoms with van der Waals surface area (Å²) in [6, 6.07) is 12.8. The summed E-state index contributed by atoms with van der Waals surface area (Å²) in [6.45, 7) is 0.951. The molecular weight excluding hydrogens is 463 g/mol. The number of nitrogens with zero attached hydrogens (tertiary/aromatic N) is 4. The Bertz CT molecular complexity index is 1310. The van der Waals surface area contributed by atoms with Crippen LogP contribution >= 0.6 is 11.8 Å². The second kappa shape index (κ2) is 9.00. The number of carbonyl (C=O) groups is 1. The fourth-order valence-electron chi connectivity index (χ4n) is 3.87.